The first-order valence-corrected chi connectivity index (χ1v) is 6.09. The van der Waals surface area contributed by atoms with Crippen LogP contribution in [0.3, 0.4) is 0 Å². The summed E-state index contributed by atoms with van der Waals surface area (Å²) in [5, 5.41) is 2.98. The van der Waals surface area contributed by atoms with Gasteiger partial charge in [0.2, 0.25) is 10.0 Å². The first-order chi connectivity index (χ1) is 6.63. The number of benzene rings is 1. The third kappa shape index (κ3) is 1.58. The van der Waals surface area contributed by atoms with Gasteiger partial charge in [0.05, 0.1) is 11.6 Å². The molecule has 1 aromatic rings. The number of halogens is 1. The molecule has 1 atom stereocenters. The summed E-state index contributed by atoms with van der Waals surface area (Å²) in [5.41, 5.74) is 0.594. The van der Waals surface area contributed by atoms with Crippen molar-refractivity contribution >= 4 is 27.3 Å². The van der Waals surface area contributed by atoms with Gasteiger partial charge >= 0.3 is 0 Å². The lowest BCUT2D eigenvalue weighted by atomic mass is 10.3. The zero-order valence-corrected chi connectivity index (χ0v) is 8.77. The van der Waals surface area contributed by atoms with Crippen LogP contribution in [0.25, 0.3) is 0 Å². The van der Waals surface area contributed by atoms with Gasteiger partial charge in [-0.25, -0.2) is 8.42 Å². The van der Waals surface area contributed by atoms with E-state index in [9.17, 15) is 8.42 Å². The Morgan fingerprint density at radius 1 is 1.36 bits per heavy atom. The number of anilines is 1. The van der Waals surface area contributed by atoms with E-state index in [0.717, 1.165) is 0 Å². The number of alkyl halides is 1. The number of rotatable bonds is 1. The number of para-hydroxylation sites is 1. The molecule has 0 saturated carbocycles. The van der Waals surface area contributed by atoms with Crippen LogP contribution in [0.1, 0.15) is 0 Å². The van der Waals surface area contributed by atoms with Gasteiger partial charge in [-0.1, -0.05) is 12.1 Å². The first-order valence-electron chi connectivity index (χ1n) is 4.07. The lowest BCUT2D eigenvalue weighted by Crippen LogP contribution is -2.45. The lowest BCUT2D eigenvalue weighted by Gasteiger charge is -2.26. The Hall–Kier alpha value is -0.780. The molecule has 0 unspecified atom stereocenters. The molecule has 0 aliphatic carbocycles. The van der Waals surface area contributed by atoms with Crippen molar-refractivity contribution in [3.63, 3.8) is 0 Å². The second kappa shape index (κ2) is 3.42. The summed E-state index contributed by atoms with van der Waals surface area (Å²) < 4.78 is 25.7. The highest BCUT2D eigenvalue weighted by Crippen LogP contribution is 2.25. The van der Waals surface area contributed by atoms with E-state index in [2.05, 4.69) is 10.0 Å². The zero-order valence-electron chi connectivity index (χ0n) is 7.20. The van der Waals surface area contributed by atoms with Crippen LogP contribution in [0.5, 0.6) is 0 Å². The Bertz CT molecular complexity index is 446. The lowest BCUT2D eigenvalue weighted by molar-refractivity contribution is 0.566. The Morgan fingerprint density at radius 2 is 2.07 bits per heavy atom. The Balaban J connectivity index is 2.53. The molecule has 0 saturated heterocycles. The van der Waals surface area contributed by atoms with Crippen molar-refractivity contribution in [3.8, 4) is 0 Å². The predicted octanol–water partition coefficient (Wildman–Crippen LogP) is 0.955. The van der Waals surface area contributed by atoms with Crippen LogP contribution in [0.4, 0.5) is 5.69 Å². The maximum absolute atomic E-state index is 11.6. The summed E-state index contributed by atoms with van der Waals surface area (Å²) in [4.78, 5) is 0.265. The number of sulfonamides is 1. The van der Waals surface area contributed by atoms with E-state index in [1.54, 1.807) is 24.3 Å². The van der Waals surface area contributed by atoms with E-state index in [4.69, 9.17) is 11.6 Å². The third-order valence-electron chi connectivity index (χ3n) is 1.96. The number of hydrogen-bond acceptors (Lipinski definition) is 3. The molecular formula is C8H9ClN2O2S. The zero-order chi connectivity index (χ0) is 10.2. The van der Waals surface area contributed by atoms with Crippen molar-refractivity contribution in [1.29, 1.82) is 0 Å². The molecule has 1 aliphatic heterocycles. The quantitative estimate of drug-likeness (QED) is 0.709. The van der Waals surface area contributed by atoms with Crippen molar-refractivity contribution in [2.24, 2.45) is 0 Å². The van der Waals surface area contributed by atoms with Crippen LogP contribution in [0, 0.1) is 0 Å². The van der Waals surface area contributed by atoms with E-state index in [-0.39, 0.29) is 10.8 Å². The van der Waals surface area contributed by atoms with Crippen molar-refractivity contribution in [2.75, 3.05) is 11.2 Å². The van der Waals surface area contributed by atoms with Gasteiger partial charge in [-0.15, -0.1) is 11.6 Å². The summed E-state index contributed by atoms with van der Waals surface area (Å²) in [6, 6.07) is 6.72. The van der Waals surface area contributed by atoms with Crippen molar-refractivity contribution in [2.45, 2.75) is 11.1 Å². The van der Waals surface area contributed by atoms with Crippen LogP contribution in [-0.2, 0) is 10.0 Å². The number of nitrogens with one attached hydrogen (secondary N) is 2. The molecule has 14 heavy (non-hydrogen) atoms. The fourth-order valence-corrected chi connectivity index (χ4v) is 2.92. The smallest absolute Gasteiger partial charge is 0.244 e. The molecule has 0 spiro atoms. The summed E-state index contributed by atoms with van der Waals surface area (Å²) in [7, 11) is -3.40. The molecule has 0 bridgehead atoms. The fourth-order valence-electron chi connectivity index (χ4n) is 1.36. The van der Waals surface area contributed by atoms with Crippen LogP contribution < -0.4 is 10.0 Å². The Labute approximate surface area is 87.3 Å². The van der Waals surface area contributed by atoms with Crippen LogP contribution in [0.2, 0.25) is 0 Å². The molecular weight excluding hydrogens is 224 g/mol. The van der Waals surface area contributed by atoms with Crippen LogP contribution >= 0.6 is 11.6 Å². The molecule has 1 aliphatic rings. The summed E-state index contributed by atoms with van der Waals surface area (Å²) in [6.45, 7) is 0. The normalized spacial score (nSPS) is 23.6. The SMILES string of the molecule is O=S1(=O)N[C@@H](CCl)Nc2ccccc21. The van der Waals surface area contributed by atoms with E-state index in [0.29, 0.717) is 5.69 Å². The highest BCUT2D eigenvalue weighted by Gasteiger charge is 2.27. The van der Waals surface area contributed by atoms with E-state index in [1.165, 1.54) is 0 Å². The minimum absolute atomic E-state index is 0.188. The van der Waals surface area contributed by atoms with Gasteiger partial charge in [-0.3, -0.25) is 0 Å². The van der Waals surface area contributed by atoms with Gasteiger partial charge in [-0.2, -0.15) is 4.72 Å². The molecule has 0 aromatic heterocycles. The Morgan fingerprint density at radius 3 is 2.79 bits per heavy atom. The Kier molecular flexibility index (Phi) is 2.38. The van der Waals surface area contributed by atoms with E-state index < -0.39 is 16.2 Å². The summed E-state index contributed by atoms with van der Waals surface area (Å²) in [6.07, 6.45) is -0.434. The third-order valence-corrected chi connectivity index (χ3v) is 3.80. The molecule has 1 heterocycles. The molecule has 0 amide bonds. The van der Waals surface area contributed by atoms with Gasteiger partial charge in [0, 0.05) is 0 Å². The summed E-state index contributed by atoms with van der Waals surface area (Å²) in [5.74, 6) is 0.188. The molecule has 2 rings (SSSR count). The number of fused-ring (bicyclic) bond motifs is 1. The first kappa shape index (κ1) is 9.76. The highest BCUT2D eigenvalue weighted by molar-refractivity contribution is 7.89. The maximum Gasteiger partial charge on any atom is 0.244 e. The van der Waals surface area contributed by atoms with Gasteiger partial charge < -0.3 is 5.32 Å². The van der Waals surface area contributed by atoms with Crippen LogP contribution in [0.15, 0.2) is 29.2 Å². The van der Waals surface area contributed by atoms with E-state index in [1.807, 2.05) is 0 Å². The van der Waals surface area contributed by atoms with Crippen molar-refractivity contribution in [1.82, 2.24) is 4.72 Å². The molecule has 76 valence electrons. The van der Waals surface area contributed by atoms with Gasteiger partial charge in [0.1, 0.15) is 11.1 Å². The van der Waals surface area contributed by atoms with E-state index >= 15 is 0 Å². The minimum Gasteiger partial charge on any atom is -0.367 e. The molecule has 6 heteroatoms. The van der Waals surface area contributed by atoms with Crippen molar-refractivity contribution in [3.05, 3.63) is 24.3 Å². The molecule has 2 N–H and O–H groups in total. The second-order valence-electron chi connectivity index (χ2n) is 2.97. The molecule has 4 nitrogen and oxygen atoms in total. The van der Waals surface area contributed by atoms with Crippen LogP contribution in [-0.4, -0.2) is 20.5 Å². The molecule has 0 fully saturated rings. The largest absolute Gasteiger partial charge is 0.367 e. The van der Waals surface area contributed by atoms with Gasteiger partial charge in [0.25, 0.3) is 0 Å². The average Bonchev–Trinajstić information content (AvgIpc) is 2.17. The van der Waals surface area contributed by atoms with Crippen molar-refractivity contribution < 1.29 is 8.42 Å². The minimum atomic E-state index is -3.40. The second-order valence-corrected chi connectivity index (χ2v) is 4.96. The predicted molar refractivity (Wildman–Crippen MR) is 54.9 cm³/mol. The summed E-state index contributed by atoms with van der Waals surface area (Å²) >= 11 is 5.58. The molecule has 1 aromatic carbocycles. The number of hydrogen-bond donors (Lipinski definition) is 2. The fraction of sp³-hybridized carbons (Fsp3) is 0.250. The maximum atomic E-state index is 11.6. The molecule has 0 radical (unpaired) electrons. The van der Waals surface area contributed by atoms with Gasteiger partial charge in [0.15, 0.2) is 0 Å². The highest BCUT2D eigenvalue weighted by atomic mass is 35.5. The standard InChI is InChI=1S/C8H9ClN2O2S/c9-5-8-10-6-3-1-2-4-7(6)14(12,13)11-8/h1-4,8,10-11H,5H2/t8-/m0/s1. The monoisotopic (exact) mass is 232 g/mol. The van der Waals surface area contributed by atoms with Gasteiger partial charge in [-0.05, 0) is 12.1 Å². The topological polar surface area (TPSA) is 58.2 Å². The average molecular weight is 233 g/mol.